The fourth-order valence-corrected chi connectivity index (χ4v) is 2.38. The Kier molecular flexibility index (Phi) is 3.57. The lowest BCUT2D eigenvalue weighted by atomic mass is 10.2. The highest BCUT2D eigenvalue weighted by Gasteiger charge is 2.10. The summed E-state index contributed by atoms with van der Waals surface area (Å²) in [6.45, 7) is 1.81. The molecule has 0 saturated heterocycles. The van der Waals surface area contributed by atoms with Crippen molar-refractivity contribution in [1.29, 1.82) is 0 Å². The fourth-order valence-electron chi connectivity index (χ4n) is 1.39. The van der Waals surface area contributed by atoms with Crippen LogP contribution in [0.1, 0.15) is 6.92 Å². The van der Waals surface area contributed by atoms with Gasteiger partial charge in [0.1, 0.15) is 9.84 Å². The molecule has 0 saturated carbocycles. The van der Waals surface area contributed by atoms with Gasteiger partial charge in [0.2, 0.25) is 0 Å². The predicted molar refractivity (Wildman–Crippen MR) is 63.6 cm³/mol. The lowest BCUT2D eigenvalue weighted by Gasteiger charge is -2.15. The first-order chi connectivity index (χ1) is 6.88. The van der Waals surface area contributed by atoms with E-state index in [-0.39, 0.29) is 11.8 Å². The van der Waals surface area contributed by atoms with Crippen molar-refractivity contribution in [2.45, 2.75) is 13.0 Å². The van der Waals surface area contributed by atoms with E-state index in [1.165, 1.54) is 6.26 Å². The summed E-state index contributed by atoms with van der Waals surface area (Å²) in [4.78, 5) is 0. The first kappa shape index (κ1) is 11.8. The molecule has 84 valence electrons. The largest absolute Gasteiger partial charge is 0.397 e. The third kappa shape index (κ3) is 4.20. The van der Waals surface area contributed by atoms with Gasteiger partial charge in [-0.25, -0.2) is 8.42 Å². The van der Waals surface area contributed by atoms with Crippen molar-refractivity contribution in [3.05, 3.63) is 24.3 Å². The zero-order valence-corrected chi connectivity index (χ0v) is 9.71. The summed E-state index contributed by atoms with van der Waals surface area (Å²) in [7, 11) is -2.96. The lowest BCUT2D eigenvalue weighted by molar-refractivity contribution is 0.598. The molecular formula is C10H16N2O2S. The lowest BCUT2D eigenvalue weighted by Crippen LogP contribution is -2.25. The number of anilines is 2. The standard InChI is InChI=1S/C10H16N2O2S/c1-8(7-15(2,13)14)12-10-6-4-3-5-9(10)11/h3-6,8,12H,7,11H2,1-2H3. The number of benzene rings is 1. The zero-order chi connectivity index (χ0) is 11.5. The van der Waals surface area contributed by atoms with E-state index in [1.807, 2.05) is 25.1 Å². The van der Waals surface area contributed by atoms with E-state index in [9.17, 15) is 8.42 Å². The summed E-state index contributed by atoms with van der Waals surface area (Å²) < 4.78 is 22.1. The molecule has 5 heteroatoms. The number of nitrogens with one attached hydrogen (secondary N) is 1. The molecule has 4 nitrogen and oxygen atoms in total. The third-order valence-corrected chi connectivity index (χ3v) is 3.02. The minimum atomic E-state index is -2.96. The minimum Gasteiger partial charge on any atom is -0.397 e. The van der Waals surface area contributed by atoms with Crippen molar-refractivity contribution in [1.82, 2.24) is 0 Å². The van der Waals surface area contributed by atoms with Crippen LogP contribution in [0.4, 0.5) is 11.4 Å². The number of sulfone groups is 1. The second kappa shape index (κ2) is 4.53. The highest BCUT2D eigenvalue weighted by Crippen LogP contribution is 2.17. The van der Waals surface area contributed by atoms with E-state index >= 15 is 0 Å². The molecule has 15 heavy (non-hydrogen) atoms. The molecule has 0 amide bonds. The number of para-hydroxylation sites is 2. The summed E-state index contributed by atoms with van der Waals surface area (Å²) >= 11 is 0. The van der Waals surface area contributed by atoms with Crippen molar-refractivity contribution >= 4 is 21.2 Å². The van der Waals surface area contributed by atoms with E-state index < -0.39 is 9.84 Å². The highest BCUT2D eigenvalue weighted by molar-refractivity contribution is 7.90. The topological polar surface area (TPSA) is 72.2 Å². The van der Waals surface area contributed by atoms with Crippen molar-refractivity contribution in [3.63, 3.8) is 0 Å². The molecular weight excluding hydrogens is 212 g/mol. The first-order valence-corrected chi connectivity index (χ1v) is 6.73. The molecule has 0 radical (unpaired) electrons. The first-order valence-electron chi connectivity index (χ1n) is 4.67. The quantitative estimate of drug-likeness (QED) is 0.757. The summed E-state index contributed by atoms with van der Waals surface area (Å²) in [5.41, 5.74) is 7.12. The molecule has 0 aliphatic rings. The van der Waals surface area contributed by atoms with Crippen LogP contribution in [0.25, 0.3) is 0 Å². The van der Waals surface area contributed by atoms with Gasteiger partial charge in [0.25, 0.3) is 0 Å². The Morgan fingerprint density at radius 3 is 2.53 bits per heavy atom. The molecule has 0 aliphatic carbocycles. The van der Waals surface area contributed by atoms with Gasteiger partial charge in [-0.2, -0.15) is 0 Å². The van der Waals surface area contributed by atoms with Crippen LogP contribution in [0.2, 0.25) is 0 Å². The van der Waals surface area contributed by atoms with Crippen molar-refractivity contribution in [2.75, 3.05) is 23.1 Å². The van der Waals surface area contributed by atoms with E-state index in [2.05, 4.69) is 5.32 Å². The molecule has 1 aromatic carbocycles. The average Bonchev–Trinajstić information content (AvgIpc) is 2.05. The van der Waals surface area contributed by atoms with Crippen LogP contribution >= 0.6 is 0 Å². The van der Waals surface area contributed by atoms with Crippen molar-refractivity contribution in [3.8, 4) is 0 Å². The average molecular weight is 228 g/mol. The normalized spacial score (nSPS) is 13.5. The van der Waals surface area contributed by atoms with Crippen molar-refractivity contribution < 1.29 is 8.42 Å². The van der Waals surface area contributed by atoms with E-state index in [1.54, 1.807) is 6.07 Å². The SMILES string of the molecule is CC(CS(C)(=O)=O)Nc1ccccc1N. The Hall–Kier alpha value is -1.23. The Labute approximate surface area is 90.4 Å². The van der Waals surface area contributed by atoms with Gasteiger partial charge in [-0.3, -0.25) is 0 Å². The number of hydrogen-bond donors (Lipinski definition) is 2. The van der Waals surface area contributed by atoms with Gasteiger partial charge in [-0.1, -0.05) is 12.1 Å². The van der Waals surface area contributed by atoms with Gasteiger partial charge >= 0.3 is 0 Å². The monoisotopic (exact) mass is 228 g/mol. The molecule has 1 aromatic rings. The molecule has 0 bridgehead atoms. The second-order valence-corrected chi connectivity index (χ2v) is 5.91. The van der Waals surface area contributed by atoms with Crippen LogP contribution < -0.4 is 11.1 Å². The van der Waals surface area contributed by atoms with E-state index in [0.29, 0.717) is 5.69 Å². The Morgan fingerprint density at radius 2 is 2.00 bits per heavy atom. The number of rotatable bonds is 4. The number of nitrogens with two attached hydrogens (primary N) is 1. The smallest absolute Gasteiger partial charge is 0.149 e. The third-order valence-electron chi connectivity index (χ3n) is 1.92. The number of hydrogen-bond acceptors (Lipinski definition) is 4. The Morgan fingerprint density at radius 1 is 1.40 bits per heavy atom. The Bertz CT molecular complexity index is 429. The molecule has 3 N–H and O–H groups in total. The van der Waals surface area contributed by atoms with Crippen molar-refractivity contribution in [2.24, 2.45) is 0 Å². The molecule has 1 unspecified atom stereocenters. The number of nitrogen functional groups attached to an aromatic ring is 1. The molecule has 1 atom stereocenters. The van der Waals surface area contributed by atoms with Gasteiger partial charge in [0, 0.05) is 12.3 Å². The van der Waals surface area contributed by atoms with Gasteiger partial charge in [-0.15, -0.1) is 0 Å². The predicted octanol–water partition coefficient (Wildman–Crippen LogP) is 1.11. The van der Waals surface area contributed by atoms with Gasteiger partial charge in [0.05, 0.1) is 17.1 Å². The van der Waals surface area contributed by atoms with Crippen LogP contribution in [0, 0.1) is 0 Å². The van der Waals surface area contributed by atoms with Crippen LogP contribution in [-0.4, -0.2) is 26.5 Å². The van der Waals surface area contributed by atoms with E-state index in [4.69, 9.17) is 5.73 Å². The molecule has 1 rings (SSSR count). The second-order valence-electron chi connectivity index (χ2n) is 3.73. The zero-order valence-electron chi connectivity index (χ0n) is 8.90. The molecule has 0 heterocycles. The summed E-state index contributed by atoms with van der Waals surface area (Å²) in [6.07, 6.45) is 1.22. The van der Waals surface area contributed by atoms with Crippen LogP contribution in [0.5, 0.6) is 0 Å². The maximum atomic E-state index is 11.0. The molecule has 0 aliphatic heterocycles. The van der Waals surface area contributed by atoms with Crippen LogP contribution in [0.3, 0.4) is 0 Å². The molecule has 0 aromatic heterocycles. The van der Waals surface area contributed by atoms with Gasteiger partial charge in [-0.05, 0) is 19.1 Å². The maximum absolute atomic E-state index is 11.0. The Balaban J connectivity index is 2.67. The highest BCUT2D eigenvalue weighted by atomic mass is 32.2. The maximum Gasteiger partial charge on any atom is 0.149 e. The fraction of sp³-hybridized carbons (Fsp3) is 0.400. The summed E-state index contributed by atoms with van der Waals surface area (Å²) in [5.74, 6) is 0.0985. The minimum absolute atomic E-state index is 0.0985. The van der Waals surface area contributed by atoms with Crippen LogP contribution in [-0.2, 0) is 9.84 Å². The van der Waals surface area contributed by atoms with Gasteiger partial charge < -0.3 is 11.1 Å². The van der Waals surface area contributed by atoms with Crippen LogP contribution in [0.15, 0.2) is 24.3 Å². The molecule has 0 fully saturated rings. The van der Waals surface area contributed by atoms with E-state index in [0.717, 1.165) is 5.69 Å². The summed E-state index contributed by atoms with van der Waals surface area (Å²) in [5, 5.41) is 3.06. The van der Waals surface area contributed by atoms with Gasteiger partial charge in [0.15, 0.2) is 0 Å². The molecule has 0 spiro atoms. The summed E-state index contributed by atoms with van der Waals surface area (Å²) in [6, 6.07) is 7.14.